The highest BCUT2D eigenvalue weighted by Crippen LogP contribution is 2.19. The summed E-state index contributed by atoms with van der Waals surface area (Å²) < 4.78 is 28.4. The van der Waals surface area contributed by atoms with Crippen molar-refractivity contribution in [2.75, 3.05) is 0 Å². The first-order chi connectivity index (χ1) is 13.4. The van der Waals surface area contributed by atoms with Crippen LogP contribution in [0.3, 0.4) is 0 Å². The van der Waals surface area contributed by atoms with Crippen LogP contribution in [0.15, 0.2) is 83.8 Å². The zero-order valence-corrected chi connectivity index (χ0v) is 15.9. The van der Waals surface area contributed by atoms with E-state index < -0.39 is 10.0 Å². The molecule has 0 spiro atoms. The van der Waals surface area contributed by atoms with E-state index in [0.29, 0.717) is 17.9 Å². The average Bonchev–Trinajstić information content (AvgIpc) is 2.71. The van der Waals surface area contributed by atoms with Crippen molar-refractivity contribution in [1.29, 1.82) is 0 Å². The van der Waals surface area contributed by atoms with Crippen LogP contribution in [0.25, 0.3) is 0 Å². The number of nitrogens with one attached hydrogen (secondary N) is 1. The van der Waals surface area contributed by atoms with Crippen LogP contribution < -0.4 is 15.2 Å². The number of benzene rings is 3. The van der Waals surface area contributed by atoms with Gasteiger partial charge in [0.1, 0.15) is 12.4 Å². The number of sulfonamides is 1. The fourth-order valence-electron chi connectivity index (χ4n) is 2.59. The highest BCUT2D eigenvalue weighted by Gasteiger charge is 2.12. The Balaban J connectivity index is 1.64. The van der Waals surface area contributed by atoms with Crippen LogP contribution in [0.2, 0.25) is 0 Å². The number of amides is 1. The molecule has 6 nitrogen and oxygen atoms in total. The van der Waals surface area contributed by atoms with Crippen LogP contribution in [0.1, 0.15) is 21.5 Å². The average molecular weight is 396 g/mol. The lowest BCUT2D eigenvalue weighted by molar-refractivity contribution is 0.0946. The molecule has 0 bridgehead atoms. The van der Waals surface area contributed by atoms with Crippen LogP contribution in [0.4, 0.5) is 0 Å². The summed E-state index contributed by atoms with van der Waals surface area (Å²) in [6.07, 6.45) is 0. The maximum absolute atomic E-state index is 12.6. The fraction of sp³-hybridized carbons (Fsp3) is 0.0952. The largest absolute Gasteiger partial charge is 0.488 e. The van der Waals surface area contributed by atoms with Gasteiger partial charge in [-0.15, -0.1) is 0 Å². The Morgan fingerprint density at radius 3 is 2.18 bits per heavy atom. The molecule has 144 valence electrons. The highest BCUT2D eigenvalue weighted by atomic mass is 32.2. The predicted octanol–water partition coefficient (Wildman–Crippen LogP) is 2.84. The van der Waals surface area contributed by atoms with E-state index in [-0.39, 0.29) is 17.3 Å². The van der Waals surface area contributed by atoms with Crippen LogP contribution in [0.5, 0.6) is 5.75 Å². The number of ether oxygens (including phenoxy) is 1. The molecule has 0 aliphatic heterocycles. The number of primary sulfonamides is 1. The Labute approximate surface area is 164 Å². The van der Waals surface area contributed by atoms with E-state index in [2.05, 4.69) is 5.32 Å². The third-order valence-corrected chi connectivity index (χ3v) is 5.00. The van der Waals surface area contributed by atoms with Gasteiger partial charge < -0.3 is 10.1 Å². The number of carbonyl (C=O) groups is 1. The van der Waals surface area contributed by atoms with E-state index in [1.807, 2.05) is 36.4 Å². The fourth-order valence-corrected chi connectivity index (χ4v) is 3.11. The summed E-state index contributed by atoms with van der Waals surface area (Å²) in [7, 11) is -3.73. The summed E-state index contributed by atoms with van der Waals surface area (Å²) in [5.41, 5.74) is 2.19. The zero-order valence-electron chi connectivity index (χ0n) is 15.0. The molecule has 0 fully saturated rings. The lowest BCUT2D eigenvalue weighted by Crippen LogP contribution is -2.23. The van der Waals surface area contributed by atoms with Gasteiger partial charge in [0.25, 0.3) is 5.91 Å². The van der Waals surface area contributed by atoms with E-state index in [4.69, 9.17) is 9.88 Å². The van der Waals surface area contributed by atoms with Crippen molar-refractivity contribution in [1.82, 2.24) is 5.32 Å². The molecule has 28 heavy (non-hydrogen) atoms. The topological polar surface area (TPSA) is 98.5 Å². The van der Waals surface area contributed by atoms with Crippen LogP contribution >= 0.6 is 0 Å². The molecule has 3 aromatic carbocycles. The molecule has 0 unspecified atom stereocenters. The Kier molecular flexibility index (Phi) is 6.08. The third-order valence-electron chi connectivity index (χ3n) is 4.07. The summed E-state index contributed by atoms with van der Waals surface area (Å²) in [6.45, 7) is 0.608. The smallest absolute Gasteiger partial charge is 0.255 e. The van der Waals surface area contributed by atoms with Crippen molar-refractivity contribution >= 4 is 15.9 Å². The first-order valence-electron chi connectivity index (χ1n) is 8.59. The van der Waals surface area contributed by atoms with Crippen molar-refractivity contribution in [3.63, 3.8) is 0 Å². The van der Waals surface area contributed by atoms with E-state index in [1.165, 1.54) is 12.1 Å². The quantitative estimate of drug-likeness (QED) is 0.641. The second kappa shape index (κ2) is 8.69. The summed E-state index contributed by atoms with van der Waals surface area (Å²) in [6, 6.07) is 22.8. The molecule has 0 saturated heterocycles. The normalized spacial score (nSPS) is 11.0. The van der Waals surface area contributed by atoms with Gasteiger partial charge in [-0.1, -0.05) is 54.6 Å². The Morgan fingerprint density at radius 2 is 1.50 bits per heavy atom. The molecule has 0 heterocycles. The number of para-hydroxylation sites is 1. The van der Waals surface area contributed by atoms with Crippen LogP contribution in [-0.2, 0) is 23.2 Å². The second-order valence-corrected chi connectivity index (χ2v) is 7.70. The van der Waals surface area contributed by atoms with Crippen LogP contribution in [0, 0.1) is 0 Å². The molecule has 0 saturated carbocycles. The standard InChI is InChI=1S/C21H20N2O4S/c22-28(25,26)18-12-10-16(11-13-18)14-23-21(24)19-8-4-5-9-20(19)27-15-17-6-2-1-3-7-17/h1-13H,14-15H2,(H,23,24)(H2,22,25,26). The second-order valence-electron chi connectivity index (χ2n) is 6.14. The molecule has 3 aromatic rings. The summed E-state index contributed by atoms with van der Waals surface area (Å²) in [4.78, 5) is 12.6. The maximum Gasteiger partial charge on any atom is 0.255 e. The number of rotatable bonds is 7. The van der Waals surface area contributed by atoms with Crippen molar-refractivity contribution in [3.05, 3.63) is 95.6 Å². The summed E-state index contributed by atoms with van der Waals surface area (Å²) in [5.74, 6) is 0.215. The zero-order chi connectivity index (χ0) is 20.0. The lowest BCUT2D eigenvalue weighted by atomic mass is 10.1. The Bertz CT molecular complexity index is 1050. The molecule has 7 heteroatoms. The van der Waals surface area contributed by atoms with Crippen LogP contribution in [-0.4, -0.2) is 14.3 Å². The van der Waals surface area contributed by atoms with Gasteiger partial charge in [0, 0.05) is 6.54 Å². The number of carbonyl (C=O) groups excluding carboxylic acids is 1. The minimum atomic E-state index is -3.73. The van der Waals surface area contributed by atoms with E-state index in [9.17, 15) is 13.2 Å². The lowest BCUT2D eigenvalue weighted by Gasteiger charge is -2.12. The van der Waals surface area contributed by atoms with Gasteiger partial charge in [-0.25, -0.2) is 13.6 Å². The summed E-state index contributed by atoms with van der Waals surface area (Å²) in [5, 5.41) is 7.89. The predicted molar refractivity (Wildman–Crippen MR) is 106 cm³/mol. The highest BCUT2D eigenvalue weighted by molar-refractivity contribution is 7.89. The molecule has 0 atom stereocenters. The van der Waals surface area contributed by atoms with Gasteiger partial charge in [-0.05, 0) is 35.4 Å². The molecule has 0 aliphatic rings. The minimum absolute atomic E-state index is 0.0298. The number of hydrogen-bond donors (Lipinski definition) is 2. The molecular formula is C21H20N2O4S. The van der Waals surface area contributed by atoms with Gasteiger partial charge in [0.05, 0.1) is 10.5 Å². The third kappa shape index (κ3) is 5.18. The Hall–Kier alpha value is -3.16. The maximum atomic E-state index is 12.6. The molecule has 0 radical (unpaired) electrons. The first-order valence-corrected chi connectivity index (χ1v) is 10.1. The SMILES string of the molecule is NS(=O)(=O)c1ccc(CNC(=O)c2ccccc2OCc2ccccc2)cc1. The van der Waals surface area contributed by atoms with Gasteiger partial charge in [0.15, 0.2) is 0 Å². The minimum Gasteiger partial charge on any atom is -0.488 e. The number of nitrogens with two attached hydrogens (primary N) is 1. The van der Waals surface area contributed by atoms with Gasteiger partial charge in [0.2, 0.25) is 10.0 Å². The number of hydrogen-bond acceptors (Lipinski definition) is 4. The monoisotopic (exact) mass is 396 g/mol. The molecule has 1 amide bonds. The van der Waals surface area contributed by atoms with E-state index in [1.54, 1.807) is 30.3 Å². The van der Waals surface area contributed by atoms with Crippen molar-refractivity contribution in [2.45, 2.75) is 18.0 Å². The van der Waals surface area contributed by atoms with E-state index in [0.717, 1.165) is 11.1 Å². The van der Waals surface area contributed by atoms with Gasteiger partial charge in [-0.2, -0.15) is 0 Å². The molecule has 3 N–H and O–H groups in total. The summed E-state index contributed by atoms with van der Waals surface area (Å²) >= 11 is 0. The van der Waals surface area contributed by atoms with Crippen molar-refractivity contribution in [2.24, 2.45) is 5.14 Å². The van der Waals surface area contributed by atoms with Crippen molar-refractivity contribution in [3.8, 4) is 5.75 Å². The van der Waals surface area contributed by atoms with E-state index >= 15 is 0 Å². The first kappa shape index (κ1) is 19.6. The molecule has 0 aliphatic carbocycles. The molecular weight excluding hydrogens is 376 g/mol. The van der Waals surface area contributed by atoms with Crippen molar-refractivity contribution < 1.29 is 17.9 Å². The molecule has 3 rings (SSSR count). The molecule has 0 aromatic heterocycles. The Morgan fingerprint density at radius 1 is 0.857 bits per heavy atom. The van der Waals surface area contributed by atoms with Gasteiger partial charge >= 0.3 is 0 Å². The van der Waals surface area contributed by atoms with Gasteiger partial charge in [-0.3, -0.25) is 4.79 Å².